The first kappa shape index (κ1) is 19.1. The molecule has 2 fully saturated rings. The van der Waals surface area contributed by atoms with E-state index in [1.807, 2.05) is 30.3 Å². The summed E-state index contributed by atoms with van der Waals surface area (Å²) in [5.41, 5.74) is 2.58. The molecule has 1 saturated heterocycles. The fourth-order valence-corrected chi connectivity index (χ4v) is 4.28. The number of benzene rings is 2. The lowest BCUT2D eigenvalue weighted by atomic mass is 10.1. The minimum Gasteiger partial charge on any atom is -0.380 e. The van der Waals surface area contributed by atoms with Crippen molar-refractivity contribution in [2.24, 2.45) is 0 Å². The lowest BCUT2D eigenvalue weighted by Gasteiger charge is -2.35. The van der Waals surface area contributed by atoms with Gasteiger partial charge in [0.25, 0.3) is 11.8 Å². The van der Waals surface area contributed by atoms with Gasteiger partial charge in [0.1, 0.15) is 11.4 Å². The molecular weight excluding hydrogens is 385 g/mol. The first-order valence-corrected chi connectivity index (χ1v) is 10.4. The number of rotatable bonds is 3. The number of hydrogen-bond acceptors (Lipinski definition) is 4. The Morgan fingerprint density at radius 3 is 2.17 bits per heavy atom. The maximum Gasteiger partial charge on any atom is 0.254 e. The number of amides is 2. The van der Waals surface area contributed by atoms with Gasteiger partial charge in [-0.1, -0.05) is 6.07 Å². The van der Waals surface area contributed by atoms with Crippen LogP contribution in [0.2, 0.25) is 0 Å². The average molecular weight is 409 g/mol. The summed E-state index contributed by atoms with van der Waals surface area (Å²) < 4.78 is 13.4. The van der Waals surface area contributed by atoms with Crippen LogP contribution < -0.4 is 4.90 Å². The van der Waals surface area contributed by atoms with E-state index >= 15 is 0 Å². The molecule has 30 heavy (non-hydrogen) atoms. The molecule has 2 aromatic carbocycles. The summed E-state index contributed by atoms with van der Waals surface area (Å²) in [7, 11) is 0. The third-order valence-corrected chi connectivity index (χ3v) is 6.35. The smallest absolute Gasteiger partial charge is 0.254 e. The van der Waals surface area contributed by atoms with Crippen LogP contribution in [-0.2, 0) is 17.9 Å². The van der Waals surface area contributed by atoms with E-state index in [2.05, 4.69) is 4.90 Å². The zero-order valence-electron chi connectivity index (χ0n) is 16.7. The molecule has 0 bridgehead atoms. The highest BCUT2D eigenvalue weighted by molar-refractivity contribution is 5.95. The summed E-state index contributed by atoms with van der Waals surface area (Å²) >= 11 is 0. The lowest BCUT2D eigenvalue weighted by Crippen LogP contribution is -2.53. The summed E-state index contributed by atoms with van der Waals surface area (Å²) in [6.45, 7) is 3.22. The Morgan fingerprint density at radius 2 is 1.50 bits per heavy atom. The number of piperazine rings is 1. The Labute approximate surface area is 174 Å². The van der Waals surface area contributed by atoms with Crippen molar-refractivity contribution in [1.82, 2.24) is 9.80 Å². The molecule has 156 valence electrons. The van der Waals surface area contributed by atoms with E-state index in [0.29, 0.717) is 51.1 Å². The Morgan fingerprint density at radius 1 is 0.867 bits per heavy atom. The largest absolute Gasteiger partial charge is 0.380 e. The first-order valence-electron chi connectivity index (χ1n) is 10.4. The van der Waals surface area contributed by atoms with E-state index in [4.69, 9.17) is 0 Å². The van der Waals surface area contributed by atoms with E-state index in [-0.39, 0.29) is 17.6 Å². The van der Waals surface area contributed by atoms with Gasteiger partial charge in [-0.3, -0.25) is 9.59 Å². The van der Waals surface area contributed by atoms with Crippen molar-refractivity contribution >= 4 is 17.5 Å². The van der Waals surface area contributed by atoms with Crippen LogP contribution in [-0.4, -0.2) is 58.5 Å². The molecule has 3 aliphatic rings. The maximum absolute atomic E-state index is 13.4. The highest BCUT2D eigenvalue weighted by Gasteiger charge is 2.50. The van der Waals surface area contributed by atoms with Crippen molar-refractivity contribution < 1.29 is 19.1 Å². The second-order valence-corrected chi connectivity index (χ2v) is 8.43. The normalized spacial score (nSPS) is 19.6. The molecule has 6 nitrogen and oxygen atoms in total. The number of carbonyl (C=O) groups is 2. The molecule has 2 aromatic rings. The van der Waals surface area contributed by atoms with Crippen LogP contribution in [0.25, 0.3) is 0 Å². The number of carbonyl (C=O) groups excluding carboxylic acids is 2. The topological polar surface area (TPSA) is 64.1 Å². The minimum atomic E-state index is -1.15. The summed E-state index contributed by atoms with van der Waals surface area (Å²) in [6, 6.07) is 12.4. The monoisotopic (exact) mass is 409 g/mol. The van der Waals surface area contributed by atoms with Crippen LogP contribution in [0.15, 0.2) is 42.5 Å². The average Bonchev–Trinajstić information content (AvgIpc) is 3.38. The fourth-order valence-electron chi connectivity index (χ4n) is 4.28. The second kappa shape index (κ2) is 7.09. The SMILES string of the molecule is O=C(c1ccc(N2Cc3ccc(F)cc3C2)cc1)N1CCN(C(=O)C2(O)CC2)CC1. The Kier molecular flexibility index (Phi) is 4.50. The van der Waals surface area contributed by atoms with Crippen molar-refractivity contribution in [1.29, 1.82) is 0 Å². The first-order chi connectivity index (χ1) is 14.4. The number of fused-ring (bicyclic) bond motifs is 1. The molecular formula is C23H24FN3O3. The molecule has 2 heterocycles. The van der Waals surface area contributed by atoms with Gasteiger partial charge < -0.3 is 19.8 Å². The maximum atomic E-state index is 13.4. The molecule has 2 aliphatic heterocycles. The van der Waals surface area contributed by atoms with Crippen LogP contribution in [0.3, 0.4) is 0 Å². The summed E-state index contributed by atoms with van der Waals surface area (Å²) in [6.07, 6.45) is 1.07. The van der Waals surface area contributed by atoms with Gasteiger partial charge in [-0.2, -0.15) is 0 Å². The molecule has 1 N–H and O–H groups in total. The third-order valence-electron chi connectivity index (χ3n) is 6.35. The van der Waals surface area contributed by atoms with Crippen LogP contribution in [0.1, 0.15) is 34.3 Å². The van der Waals surface area contributed by atoms with Gasteiger partial charge in [0.2, 0.25) is 0 Å². The standard InChI is InChI=1S/C23H24FN3O3/c24-19-4-1-17-14-27(15-18(17)13-19)20-5-2-16(3-6-20)21(28)25-9-11-26(12-10-25)22(29)23(30)7-8-23/h1-6,13,30H,7-12,14-15H2. The summed E-state index contributed by atoms with van der Waals surface area (Å²) in [5.74, 6) is -0.472. The van der Waals surface area contributed by atoms with Gasteiger partial charge in [-0.25, -0.2) is 4.39 Å². The van der Waals surface area contributed by atoms with Crippen LogP contribution >= 0.6 is 0 Å². The van der Waals surface area contributed by atoms with Gasteiger partial charge in [-0.05, 0) is 60.4 Å². The number of nitrogens with zero attached hydrogens (tertiary/aromatic N) is 3. The van der Waals surface area contributed by atoms with E-state index in [1.165, 1.54) is 6.07 Å². The Hall–Kier alpha value is -2.93. The number of aliphatic hydroxyl groups is 1. The Bertz CT molecular complexity index is 995. The van der Waals surface area contributed by atoms with E-state index in [1.54, 1.807) is 15.9 Å². The van der Waals surface area contributed by atoms with E-state index in [0.717, 1.165) is 23.4 Å². The molecule has 0 unspecified atom stereocenters. The minimum absolute atomic E-state index is 0.0504. The fraction of sp³-hybridized carbons (Fsp3) is 0.391. The van der Waals surface area contributed by atoms with Crippen molar-refractivity contribution in [3.8, 4) is 0 Å². The molecule has 1 aliphatic carbocycles. The highest BCUT2D eigenvalue weighted by Crippen LogP contribution is 2.37. The number of halogens is 1. The molecule has 0 atom stereocenters. The predicted octanol–water partition coefficient (Wildman–Crippen LogP) is 2.16. The van der Waals surface area contributed by atoms with Gasteiger partial charge in [0.05, 0.1) is 0 Å². The summed E-state index contributed by atoms with van der Waals surface area (Å²) in [4.78, 5) is 30.7. The number of hydrogen-bond donors (Lipinski definition) is 1. The van der Waals surface area contributed by atoms with Crippen molar-refractivity contribution in [2.45, 2.75) is 31.5 Å². The second-order valence-electron chi connectivity index (χ2n) is 8.43. The molecule has 0 aromatic heterocycles. The molecule has 2 amide bonds. The molecule has 1 saturated carbocycles. The van der Waals surface area contributed by atoms with Crippen molar-refractivity contribution in [3.05, 3.63) is 65.0 Å². The van der Waals surface area contributed by atoms with Crippen molar-refractivity contribution in [3.63, 3.8) is 0 Å². The van der Waals surface area contributed by atoms with Crippen LogP contribution in [0.5, 0.6) is 0 Å². The van der Waals surface area contributed by atoms with Gasteiger partial charge in [0.15, 0.2) is 0 Å². The van der Waals surface area contributed by atoms with Crippen molar-refractivity contribution in [2.75, 3.05) is 31.1 Å². The molecule has 5 rings (SSSR count). The summed E-state index contributed by atoms with van der Waals surface area (Å²) in [5, 5.41) is 10.00. The quantitative estimate of drug-likeness (QED) is 0.844. The predicted molar refractivity (Wildman–Crippen MR) is 109 cm³/mol. The lowest BCUT2D eigenvalue weighted by molar-refractivity contribution is -0.143. The zero-order chi connectivity index (χ0) is 20.9. The number of anilines is 1. The van der Waals surface area contributed by atoms with Gasteiger partial charge in [-0.15, -0.1) is 0 Å². The molecule has 0 spiro atoms. The highest BCUT2D eigenvalue weighted by atomic mass is 19.1. The zero-order valence-corrected chi connectivity index (χ0v) is 16.7. The van der Waals surface area contributed by atoms with Crippen LogP contribution in [0, 0.1) is 5.82 Å². The van der Waals surface area contributed by atoms with E-state index < -0.39 is 5.60 Å². The van der Waals surface area contributed by atoms with Crippen LogP contribution in [0.4, 0.5) is 10.1 Å². The Balaban J connectivity index is 1.20. The van der Waals surface area contributed by atoms with Gasteiger partial charge in [0, 0.05) is 50.5 Å². The van der Waals surface area contributed by atoms with E-state index in [9.17, 15) is 19.1 Å². The third kappa shape index (κ3) is 3.43. The molecule has 7 heteroatoms. The van der Waals surface area contributed by atoms with Gasteiger partial charge >= 0.3 is 0 Å². The molecule has 0 radical (unpaired) electrons.